The van der Waals surface area contributed by atoms with Crippen LogP contribution in [0.5, 0.6) is 5.75 Å². The zero-order valence-corrected chi connectivity index (χ0v) is 11.4. The molecule has 2 amide bonds. The number of nitrogens with one attached hydrogen (secondary N) is 2. The maximum absolute atomic E-state index is 14.1. The lowest BCUT2D eigenvalue weighted by Gasteiger charge is -2.20. The Morgan fingerprint density at radius 3 is 2.95 bits per heavy atom. The van der Waals surface area contributed by atoms with Crippen LogP contribution in [0.3, 0.4) is 0 Å². The number of hydrogen-bond acceptors (Lipinski definition) is 5. The third-order valence-electron chi connectivity index (χ3n) is 3.62. The average molecular weight is 294 g/mol. The topological polar surface area (TPSA) is 80.0 Å². The molecule has 2 aliphatic rings. The van der Waals surface area contributed by atoms with Gasteiger partial charge in [-0.2, -0.15) is 0 Å². The monoisotopic (exact) mass is 294 g/mol. The molecular weight excluding hydrogens is 279 g/mol. The predicted molar refractivity (Wildman–Crippen MR) is 69.9 cm³/mol. The zero-order valence-electron chi connectivity index (χ0n) is 11.4. The molecule has 2 aliphatic heterocycles. The number of piperidine rings is 1. The van der Waals surface area contributed by atoms with Crippen LogP contribution in [-0.2, 0) is 14.3 Å². The van der Waals surface area contributed by atoms with Crippen LogP contribution in [0.15, 0.2) is 18.2 Å². The summed E-state index contributed by atoms with van der Waals surface area (Å²) < 4.78 is 24.4. The summed E-state index contributed by atoms with van der Waals surface area (Å²) in [7, 11) is 1.40. The Morgan fingerprint density at radius 1 is 1.43 bits per heavy atom. The number of ether oxygens (including phenoxy) is 2. The summed E-state index contributed by atoms with van der Waals surface area (Å²) in [5.74, 6) is -0.947. The number of methoxy groups -OCH3 is 1. The number of carbonyl (C=O) groups excluding carboxylic acids is 2. The van der Waals surface area contributed by atoms with Gasteiger partial charge in [0.1, 0.15) is 12.3 Å². The van der Waals surface area contributed by atoms with Gasteiger partial charge in [-0.1, -0.05) is 12.1 Å². The third kappa shape index (κ3) is 2.74. The second-order valence-electron chi connectivity index (χ2n) is 5.01. The number of amides is 2. The van der Waals surface area contributed by atoms with Crippen LogP contribution in [0.2, 0.25) is 0 Å². The maximum Gasteiger partial charge on any atom is 0.243 e. The largest absolute Gasteiger partial charge is 0.494 e. The number of halogens is 1. The van der Waals surface area contributed by atoms with Crippen LogP contribution in [-0.4, -0.2) is 31.2 Å². The van der Waals surface area contributed by atoms with Crippen molar-refractivity contribution in [2.45, 2.75) is 31.2 Å². The van der Waals surface area contributed by atoms with Gasteiger partial charge in [-0.15, -0.1) is 0 Å². The Balaban J connectivity index is 1.64. The standard InChI is InChI=1S/C14H15FN2O4/c1-20-9-4-2-3-7(11(9)15)12-14(21-12)16-8-5-6-10(18)17-13(8)19/h2-4,8,12,14,16H,5-6H2,1H3,(H,17,18,19). The van der Waals surface area contributed by atoms with E-state index in [0.717, 1.165) is 0 Å². The molecule has 2 saturated heterocycles. The molecule has 0 radical (unpaired) electrons. The molecule has 0 aromatic heterocycles. The van der Waals surface area contributed by atoms with Gasteiger partial charge in [0.2, 0.25) is 11.8 Å². The minimum atomic E-state index is -0.494. The van der Waals surface area contributed by atoms with Crippen LogP contribution >= 0.6 is 0 Å². The summed E-state index contributed by atoms with van der Waals surface area (Å²) in [6, 6.07) is 4.34. The summed E-state index contributed by atoms with van der Waals surface area (Å²) in [4.78, 5) is 22.7. The van der Waals surface area contributed by atoms with E-state index in [1.807, 2.05) is 0 Å². The van der Waals surface area contributed by atoms with Crippen LogP contribution < -0.4 is 15.4 Å². The van der Waals surface area contributed by atoms with E-state index >= 15 is 0 Å². The number of imide groups is 1. The van der Waals surface area contributed by atoms with Crippen LogP contribution in [0.4, 0.5) is 4.39 Å². The second-order valence-corrected chi connectivity index (χ2v) is 5.01. The molecule has 2 N–H and O–H groups in total. The van der Waals surface area contributed by atoms with Gasteiger partial charge >= 0.3 is 0 Å². The Morgan fingerprint density at radius 2 is 2.24 bits per heavy atom. The predicted octanol–water partition coefficient (Wildman–Crippen LogP) is 0.626. The molecule has 112 valence electrons. The summed E-state index contributed by atoms with van der Waals surface area (Å²) in [5, 5.41) is 5.24. The number of hydrogen-bond donors (Lipinski definition) is 2. The van der Waals surface area contributed by atoms with Gasteiger partial charge in [0, 0.05) is 12.0 Å². The number of carbonyl (C=O) groups is 2. The van der Waals surface area contributed by atoms with Crippen molar-refractivity contribution in [1.82, 2.24) is 10.6 Å². The number of epoxide rings is 1. The normalized spacial score (nSPS) is 28.2. The van der Waals surface area contributed by atoms with Gasteiger partial charge in [0.15, 0.2) is 11.6 Å². The first-order valence-corrected chi connectivity index (χ1v) is 6.67. The van der Waals surface area contributed by atoms with Crippen molar-refractivity contribution in [3.63, 3.8) is 0 Å². The lowest BCUT2D eigenvalue weighted by molar-refractivity contribution is -0.134. The third-order valence-corrected chi connectivity index (χ3v) is 3.62. The molecule has 3 atom stereocenters. The van der Waals surface area contributed by atoms with Gasteiger partial charge < -0.3 is 9.47 Å². The highest BCUT2D eigenvalue weighted by atomic mass is 19.1. The van der Waals surface area contributed by atoms with Crippen LogP contribution in [0, 0.1) is 5.82 Å². The van der Waals surface area contributed by atoms with Crippen LogP contribution in [0.1, 0.15) is 24.5 Å². The molecule has 0 aliphatic carbocycles. The maximum atomic E-state index is 14.1. The lowest BCUT2D eigenvalue weighted by atomic mass is 10.1. The van der Waals surface area contributed by atoms with Gasteiger partial charge in [0.05, 0.1) is 13.2 Å². The average Bonchev–Trinajstić information content (AvgIpc) is 3.21. The van der Waals surface area contributed by atoms with E-state index in [1.54, 1.807) is 12.1 Å². The summed E-state index contributed by atoms with van der Waals surface area (Å²) in [5.41, 5.74) is 0.388. The molecule has 0 saturated carbocycles. The van der Waals surface area contributed by atoms with Gasteiger partial charge in [-0.05, 0) is 12.5 Å². The summed E-state index contributed by atoms with van der Waals surface area (Å²) >= 11 is 0. The highest BCUT2D eigenvalue weighted by molar-refractivity contribution is 6.00. The van der Waals surface area contributed by atoms with E-state index in [1.165, 1.54) is 13.2 Å². The van der Waals surface area contributed by atoms with Crippen molar-refractivity contribution in [2.24, 2.45) is 0 Å². The van der Waals surface area contributed by atoms with E-state index in [9.17, 15) is 14.0 Å². The Kier molecular flexibility index (Phi) is 3.60. The number of benzene rings is 1. The lowest BCUT2D eigenvalue weighted by Crippen LogP contribution is -2.51. The van der Waals surface area contributed by atoms with Crippen molar-refractivity contribution in [2.75, 3.05) is 7.11 Å². The highest BCUT2D eigenvalue weighted by Crippen LogP contribution is 2.40. The number of rotatable bonds is 4. The van der Waals surface area contributed by atoms with Crippen molar-refractivity contribution >= 4 is 11.8 Å². The molecule has 2 fully saturated rings. The minimum absolute atomic E-state index is 0.155. The molecule has 3 rings (SSSR count). The zero-order chi connectivity index (χ0) is 15.0. The molecule has 6 nitrogen and oxygen atoms in total. The molecule has 1 aromatic carbocycles. The van der Waals surface area contributed by atoms with Gasteiger partial charge in [-0.3, -0.25) is 20.2 Å². The SMILES string of the molecule is COc1cccc(C2OC2NC2CCC(=O)NC2=O)c1F. The summed E-state index contributed by atoms with van der Waals surface area (Å²) in [6.07, 6.45) is -0.187. The minimum Gasteiger partial charge on any atom is -0.494 e. The van der Waals surface area contributed by atoms with E-state index in [-0.39, 0.29) is 24.0 Å². The quantitative estimate of drug-likeness (QED) is 0.629. The first-order chi connectivity index (χ1) is 10.1. The van der Waals surface area contributed by atoms with Gasteiger partial charge in [0.25, 0.3) is 0 Å². The molecule has 21 heavy (non-hydrogen) atoms. The molecule has 0 spiro atoms. The fourth-order valence-electron chi connectivity index (χ4n) is 2.43. The molecule has 0 bridgehead atoms. The van der Waals surface area contributed by atoms with Crippen molar-refractivity contribution in [3.05, 3.63) is 29.6 Å². The Labute approximate surface area is 120 Å². The molecule has 3 unspecified atom stereocenters. The first kappa shape index (κ1) is 14.0. The summed E-state index contributed by atoms with van der Waals surface area (Å²) in [6.45, 7) is 0. The van der Waals surface area contributed by atoms with E-state index in [0.29, 0.717) is 12.0 Å². The van der Waals surface area contributed by atoms with Crippen molar-refractivity contribution in [1.29, 1.82) is 0 Å². The van der Waals surface area contributed by atoms with Gasteiger partial charge in [-0.25, -0.2) is 4.39 Å². The fourth-order valence-corrected chi connectivity index (χ4v) is 2.43. The van der Waals surface area contributed by atoms with E-state index in [4.69, 9.17) is 9.47 Å². The molecular formula is C14H15FN2O4. The first-order valence-electron chi connectivity index (χ1n) is 6.67. The van der Waals surface area contributed by atoms with Crippen LogP contribution in [0.25, 0.3) is 0 Å². The Bertz CT molecular complexity index is 592. The molecule has 7 heteroatoms. The fraction of sp³-hybridized carbons (Fsp3) is 0.429. The van der Waals surface area contributed by atoms with Crippen molar-refractivity contribution < 1.29 is 23.5 Å². The highest BCUT2D eigenvalue weighted by Gasteiger charge is 2.45. The molecule has 2 heterocycles. The second kappa shape index (κ2) is 5.42. The Hall–Kier alpha value is -1.99. The smallest absolute Gasteiger partial charge is 0.243 e. The van der Waals surface area contributed by atoms with E-state index in [2.05, 4.69) is 10.6 Å². The molecule has 1 aromatic rings. The van der Waals surface area contributed by atoms with Crippen molar-refractivity contribution in [3.8, 4) is 5.75 Å². The van der Waals surface area contributed by atoms with E-state index < -0.39 is 24.2 Å².